The zero-order valence-corrected chi connectivity index (χ0v) is 14.4. The monoisotopic (exact) mass is 395 g/mol. The standard InChI is InChI=1S/C18H13ClF3N3O2/c19-16-6-5-14(7-15(16)18(20,21)22)25(17(26)27)10-11-1-3-12(4-2-11)13-8-23-24-9-13/h1-9H,10H2,(H,23,24)(H,26,27). The molecule has 3 aromatic rings. The van der Waals surface area contributed by atoms with Crippen molar-refractivity contribution in [2.24, 2.45) is 0 Å². The Morgan fingerprint density at radius 1 is 1.15 bits per heavy atom. The molecule has 9 heteroatoms. The van der Waals surface area contributed by atoms with Crippen LogP contribution in [0, 0.1) is 0 Å². The summed E-state index contributed by atoms with van der Waals surface area (Å²) in [5.41, 5.74) is 1.17. The van der Waals surface area contributed by atoms with Crippen molar-refractivity contribution < 1.29 is 23.1 Å². The molecule has 0 spiro atoms. The smallest absolute Gasteiger partial charge is 0.417 e. The third kappa shape index (κ3) is 4.22. The van der Waals surface area contributed by atoms with Crippen LogP contribution >= 0.6 is 11.6 Å². The zero-order valence-electron chi connectivity index (χ0n) is 13.7. The van der Waals surface area contributed by atoms with E-state index < -0.39 is 22.9 Å². The molecular weight excluding hydrogens is 383 g/mol. The second-order valence-electron chi connectivity index (χ2n) is 5.71. The van der Waals surface area contributed by atoms with Gasteiger partial charge in [-0.25, -0.2) is 4.79 Å². The molecule has 2 aromatic carbocycles. The number of aromatic amines is 1. The van der Waals surface area contributed by atoms with Crippen molar-refractivity contribution >= 4 is 23.4 Å². The van der Waals surface area contributed by atoms with Crippen LogP contribution in [0.25, 0.3) is 11.1 Å². The van der Waals surface area contributed by atoms with E-state index >= 15 is 0 Å². The van der Waals surface area contributed by atoms with Gasteiger partial charge in [-0.15, -0.1) is 0 Å². The minimum Gasteiger partial charge on any atom is -0.465 e. The van der Waals surface area contributed by atoms with Crippen LogP contribution in [0.5, 0.6) is 0 Å². The van der Waals surface area contributed by atoms with E-state index in [-0.39, 0.29) is 12.2 Å². The summed E-state index contributed by atoms with van der Waals surface area (Å²) >= 11 is 5.60. The lowest BCUT2D eigenvalue weighted by atomic mass is 10.1. The minimum atomic E-state index is -4.68. The van der Waals surface area contributed by atoms with Gasteiger partial charge in [0.05, 0.1) is 23.3 Å². The van der Waals surface area contributed by atoms with Crippen LogP contribution in [0.3, 0.4) is 0 Å². The number of nitrogens with zero attached hydrogens (tertiary/aromatic N) is 2. The molecule has 0 saturated carbocycles. The van der Waals surface area contributed by atoms with Crippen molar-refractivity contribution in [1.29, 1.82) is 0 Å². The van der Waals surface area contributed by atoms with Crippen LogP contribution in [0.4, 0.5) is 23.7 Å². The molecule has 0 atom stereocenters. The van der Waals surface area contributed by atoms with Crippen LogP contribution in [0.15, 0.2) is 54.9 Å². The fraction of sp³-hybridized carbons (Fsp3) is 0.111. The normalized spacial score (nSPS) is 11.4. The van der Waals surface area contributed by atoms with E-state index in [0.717, 1.165) is 28.2 Å². The molecular formula is C18H13ClF3N3O2. The summed E-state index contributed by atoms with van der Waals surface area (Å²) in [5.74, 6) is 0. The Hall–Kier alpha value is -3.00. The molecule has 27 heavy (non-hydrogen) atoms. The molecule has 0 bridgehead atoms. The number of halogens is 4. The molecule has 1 heterocycles. The van der Waals surface area contributed by atoms with Crippen molar-refractivity contribution in [3.8, 4) is 11.1 Å². The Morgan fingerprint density at radius 3 is 2.41 bits per heavy atom. The molecule has 0 radical (unpaired) electrons. The second-order valence-corrected chi connectivity index (χ2v) is 6.12. The van der Waals surface area contributed by atoms with Crippen molar-refractivity contribution in [2.45, 2.75) is 12.7 Å². The lowest BCUT2D eigenvalue weighted by molar-refractivity contribution is -0.137. The number of hydrogen-bond donors (Lipinski definition) is 2. The van der Waals surface area contributed by atoms with Crippen molar-refractivity contribution in [1.82, 2.24) is 10.2 Å². The van der Waals surface area contributed by atoms with E-state index in [1.807, 2.05) is 0 Å². The molecule has 3 rings (SSSR count). The quantitative estimate of drug-likeness (QED) is 0.618. The average Bonchev–Trinajstić information content (AvgIpc) is 3.14. The number of nitrogens with one attached hydrogen (secondary N) is 1. The van der Waals surface area contributed by atoms with Gasteiger partial charge in [-0.1, -0.05) is 35.9 Å². The van der Waals surface area contributed by atoms with Gasteiger partial charge in [0.2, 0.25) is 0 Å². The number of carbonyl (C=O) groups is 1. The first-order valence-corrected chi connectivity index (χ1v) is 8.09. The molecule has 0 aliphatic heterocycles. The van der Waals surface area contributed by atoms with Gasteiger partial charge in [0.1, 0.15) is 0 Å². The van der Waals surface area contributed by atoms with Crippen LogP contribution in [0.1, 0.15) is 11.1 Å². The summed E-state index contributed by atoms with van der Waals surface area (Å²) in [6.45, 7) is -0.111. The Balaban J connectivity index is 1.88. The van der Waals surface area contributed by atoms with Crippen molar-refractivity contribution in [3.05, 3.63) is 71.0 Å². The van der Waals surface area contributed by atoms with E-state index in [2.05, 4.69) is 10.2 Å². The van der Waals surface area contributed by atoms with E-state index in [1.54, 1.807) is 36.7 Å². The number of carboxylic acid groups (broad SMARTS) is 1. The predicted molar refractivity (Wildman–Crippen MR) is 94.7 cm³/mol. The third-order valence-electron chi connectivity index (χ3n) is 3.92. The summed E-state index contributed by atoms with van der Waals surface area (Å²) in [4.78, 5) is 12.4. The molecule has 140 valence electrons. The maximum atomic E-state index is 13.0. The van der Waals surface area contributed by atoms with Gasteiger partial charge < -0.3 is 5.11 Å². The molecule has 0 saturated heterocycles. The molecule has 5 nitrogen and oxygen atoms in total. The molecule has 2 N–H and O–H groups in total. The summed E-state index contributed by atoms with van der Waals surface area (Å²) in [7, 11) is 0. The maximum Gasteiger partial charge on any atom is 0.417 e. The lowest BCUT2D eigenvalue weighted by Gasteiger charge is -2.21. The van der Waals surface area contributed by atoms with Gasteiger partial charge in [-0.3, -0.25) is 10.00 Å². The fourth-order valence-electron chi connectivity index (χ4n) is 2.56. The van der Waals surface area contributed by atoms with Crippen LogP contribution < -0.4 is 4.90 Å². The van der Waals surface area contributed by atoms with E-state index in [1.165, 1.54) is 6.07 Å². The first-order valence-electron chi connectivity index (χ1n) is 7.71. The lowest BCUT2D eigenvalue weighted by Crippen LogP contribution is -2.28. The van der Waals surface area contributed by atoms with Gasteiger partial charge >= 0.3 is 12.3 Å². The number of H-pyrrole nitrogens is 1. The van der Waals surface area contributed by atoms with Gasteiger partial charge in [-0.05, 0) is 29.3 Å². The largest absolute Gasteiger partial charge is 0.465 e. The van der Waals surface area contributed by atoms with Crippen LogP contribution in [-0.2, 0) is 12.7 Å². The van der Waals surface area contributed by atoms with Gasteiger partial charge in [-0.2, -0.15) is 18.3 Å². The van der Waals surface area contributed by atoms with Crippen molar-refractivity contribution in [3.63, 3.8) is 0 Å². The fourth-order valence-corrected chi connectivity index (χ4v) is 2.79. The first kappa shape index (κ1) is 18.8. The zero-order chi connectivity index (χ0) is 19.6. The molecule has 0 aliphatic rings. The number of benzene rings is 2. The van der Waals surface area contributed by atoms with Gasteiger partial charge in [0.25, 0.3) is 0 Å². The maximum absolute atomic E-state index is 13.0. The predicted octanol–water partition coefficient (Wildman–Crippen LogP) is 5.43. The van der Waals surface area contributed by atoms with Gasteiger partial charge in [0, 0.05) is 17.4 Å². The van der Waals surface area contributed by atoms with E-state index in [0.29, 0.717) is 5.56 Å². The highest BCUT2D eigenvalue weighted by molar-refractivity contribution is 6.31. The first-order chi connectivity index (χ1) is 12.8. The second kappa shape index (κ2) is 7.32. The number of alkyl halides is 3. The summed E-state index contributed by atoms with van der Waals surface area (Å²) in [6, 6.07) is 9.99. The van der Waals surface area contributed by atoms with E-state index in [9.17, 15) is 23.1 Å². The Bertz CT molecular complexity index is 941. The van der Waals surface area contributed by atoms with E-state index in [4.69, 9.17) is 11.6 Å². The number of aromatic nitrogens is 2. The summed E-state index contributed by atoms with van der Waals surface area (Å²) < 4.78 is 39.1. The molecule has 1 aromatic heterocycles. The number of rotatable bonds is 4. The minimum absolute atomic E-state index is 0.111. The molecule has 0 unspecified atom stereocenters. The molecule has 0 fully saturated rings. The Morgan fingerprint density at radius 2 is 1.85 bits per heavy atom. The van der Waals surface area contributed by atoms with Crippen LogP contribution in [0.2, 0.25) is 5.02 Å². The topological polar surface area (TPSA) is 69.2 Å². The third-order valence-corrected chi connectivity index (χ3v) is 4.25. The van der Waals surface area contributed by atoms with Crippen molar-refractivity contribution in [2.75, 3.05) is 4.90 Å². The highest BCUT2D eigenvalue weighted by atomic mass is 35.5. The van der Waals surface area contributed by atoms with Gasteiger partial charge in [0.15, 0.2) is 0 Å². The highest BCUT2D eigenvalue weighted by Crippen LogP contribution is 2.37. The SMILES string of the molecule is O=C(O)N(Cc1ccc(-c2cn[nH]c2)cc1)c1ccc(Cl)c(C(F)(F)F)c1. The summed E-state index contributed by atoms with van der Waals surface area (Å²) in [5, 5.41) is 15.5. The Labute approximate surface area is 157 Å². The highest BCUT2D eigenvalue weighted by Gasteiger charge is 2.34. The summed E-state index contributed by atoms with van der Waals surface area (Å²) in [6.07, 6.45) is -2.69. The molecule has 0 aliphatic carbocycles. The number of amides is 1. The number of anilines is 1. The van der Waals surface area contributed by atoms with Crippen LogP contribution in [-0.4, -0.2) is 21.4 Å². The Kier molecular flexibility index (Phi) is 5.09. The average molecular weight is 396 g/mol. The molecule has 1 amide bonds. The number of hydrogen-bond acceptors (Lipinski definition) is 2.